The van der Waals surface area contributed by atoms with Crippen molar-refractivity contribution in [2.75, 3.05) is 0 Å². The third-order valence-corrected chi connectivity index (χ3v) is 24.5. The van der Waals surface area contributed by atoms with E-state index in [0.29, 0.717) is 11.4 Å². The van der Waals surface area contributed by atoms with Crippen LogP contribution < -0.4 is 0 Å². The molecule has 546 valence electrons. The van der Waals surface area contributed by atoms with Crippen LogP contribution in [0, 0.1) is 11.3 Å². The molecule has 5 heterocycles. The quantitative estimate of drug-likeness (QED) is 0.122. The zero-order chi connectivity index (χ0) is 77.6. The lowest BCUT2D eigenvalue weighted by atomic mass is 9.98. The molecule has 24 rings (SSSR count). The predicted molar refractivity (Wildman–Crippen MR) is 490 cm³/mol. The second kappa shape index (κ2) is 26.6. The maximum absolute atomic E-state index is 10.5. The Hall–Kier alpha value is -16.0. The minimum absolute atomic E-state index is 0.557. The summed E-state index contributed by atoms with van der Waals surface area (Å²) < 4.78 is 9.74. The Morgan fingerprint density at radius 2 is 0.492 bits per heavy atom. The molecular weight excluding hydrogens is 1430 g/mol. The molecule has 0 bridgehead atoms. The molecule has 0 aliphatic heterocycles. The molecule has 0 saturated heterocycles. The number of hydrogen-bond donors (Lipinski definition) is 0. The standard InChI is InChI=1S/C111H67N7/c112-68-69-22-19-33-83(56-69)109-108-89-38-20-31-74-32-21-39-90(107(74)89)110(108)114-111(113-109)84-57-87(117-103-50-42-77(72-27-11-3-12-28-72)61-93(103)97-65-81(46-54-105(97)117)79-44-52-101-95(63-79)91-59-75(70-23-7-1-8-24-70)40-48-99(91)115(101)85-34-15-5-16-35-85)67-88(58-84)118-104-51-43-78(73-29-13-4-14-30-73)62-94(104)98-66-82(47-55-106(98)118)80-45-53-102-96(64-80)92-60-76(71-25-9-2-10-26-71)41-49-100(92)116(102)86-36-17-6-18-37-86/h1-67H. The van der Waals surface area contributed by atoms with Crippen LogP contribution in [0.1, 0.15) is 5.56 Å². The first kappa shape index (κ1) is 66.6. The minimum Gasteiger partial charge on any atom is -0.309 e. The van der Waals surface area contributed by atoms with Gasteiger partial charge in [0, 0.05) is 88.1 Å². The molecule has 0 unspecified atom stereocenters. The zero-order valence-corrected chi connectivity index (χ0v) is 63.8. The van der Waals surface area contributed by atoms with E-state index in [1.54, 1.807) is 0 Å². The highest BCUT2D eigenvalue weighted by atomic mass is 15.0. The van der Waals surface area contributed by atoms with Gasteiger partial charge >= 0.3 is 0 Å². The maximum atomic E-state index is 10.5. The first-order valence-corrected chi connectivity index (χ1v) is 40.2. The lowest BCUT2D eigenvalue weighted by Crippen LogP contribution is -2.03. The van der Waals surface area contributed by atoms with E-state index in [0.717, 1.165) is 183 Å². The molecule has 7 nitrogen and oxygen atoms in total. The second-order valence-corrected chi connectivity index (χ2v) is 31.1. The van der Waals surface area contributed by atoms with E-state index < -0.39 is 0 Å². The summed E-state index contributed by atoms with van der Waals surface area (Å²) in [7, 11) is 0. The van der Waals surface area contributed by atoms with Gasteiger partial charge in [0.1, 0.15) is 0 Å². The van der Waals surface area contributed by atoms with Crippen molar-refractivity contribution in [3.05, 3.63) is 412 Å². The van der Waals surface area contributed by atoms with Crippen molar-refractivity contribution < 1.29 is 0 Å². The smallest absolute Gasteiger partial charge is 0.160 e. The number of hydrogen-bond acceptors (Lipinski definition) is 3. The van der Waals surface area contributed by atoms with Crippen LogP contribution in [0.25, 0.3) is 233 Å². The summed E-state index contributed by atoms with van der Waals surface area (Å²) in [5, 5.41) is 22.1. The van der Waals surface area contributed by atoms with Gasteiger partial charge in [0.15, 0.2) is 5.82 Å². The Bertz CT molecular complexity index is 7760. The van der Waals surface area contributed by atoms with Crippen molar-refractivity contribution in [3.63, 3.8) is 0 Å². The van der Waals surface area contributed by atoms with Gasteiger partial charge < -0.3 is 18.3 Å². The topological polar surface area (TPSA) is 69.3 Å². The van der Waals surface area contributed by atoms with Crippen molar-refractivity contribution >= 4 is 98.0 Å². The van der Waals surface area contributed by atoms with Gasteiger partial charge in [-0.3, -0.25) is 0 Å². The van der Waals surface area contributed by atoms with E-state index in [4.69, 9.17) is 9.97 Å². The van der Waals surface area contributed by atoms with E-state index in [2.05, 4.69) is 413 Å². The van der Waals surface area contributed by atoms with Crippen LogP contribution in [0.15, 0.2) is 406 Å². The highest BCUT2D eigenvalue weighted by Crippen LogP contribution is 2.52. The summed E-state index contributed by atoms with van der Waals surface area (Å²) in [5.74, 6) is 0.563. The van der Waals surface area contributed by atoms with Crippen molar-refractivity contribution in [1.82, 2.24) is 28.2 Å². The number of fused-ring (bicyclic) bond motifs is 15. The fraction of sp³-hybridized carbons (Fsp3) is 0. The van der Waals surface area contributed by atoms with Gasteiger partial charge in [-0.1, -0.05) is 255 Å². The predicted octanol–water partition coefficient (Wildman–Crippen LogP) is 28.9. The number of para-hydroxylation sites is 2. The summed E-state index contributed by atoms with van der Waals surface area (Å²) in [5.41, 5.74) is 33.6. The molecular formula is C111H67N7. The third kappa shape index (κ3) is 10.6. The Morgan fingerprint density at radius 1 is 0.203 bits per heavy atom. The number of rotatable bonds is 12. The number of aromatic nitrogens is 6. The third-order valence-electron chi connectivity index (χ3n) is 24.5. The van der Waals surface area contributed by atoms with Crippen LogP contribution in [0.2, 0.25) is 0 Å². The molecule has 18 aromatic carbocycles. The molecule has 0 fully saturated rings. The van der Waals surface area contributed by atoms with Crippen molar-refractivity contribution in [3.8, 4) is 141 Å². The van der Waals surface area contributed by atoms with Crippen LogP contribution in [-0.2, 0) is 0 Å². The SMILES string of the molecule is N#Cc1cccc(-c2nc(-c3cc(-n4c5ccc(-c6ccccc6)cc5c5cc(-c6ccc7c(c6)c6cc(-c8ccccc8)ccc6n7-c6ccccc6)ccc54)cc(-n4c5ccc(-c6ccccc6)cc5c5cc(-c6ccc7c(c6)c6cc(-c8ccccc8)ccc6n7-c6ccccc6)ccc54)c3)nc3c2-c2cccc4cccc-3c24)c1. The van der Waals surface area contributed by atoms with Crippen molar-refractivity contribution in [2.24, 2.45) is 0 Å². The number of nitrogens with zero attached hydrogens (tertiary/aromatic N) is 7. The van der Waals surface area contributed by atoms with Crippen LogP contribution in [0.4, 0.5) is 0 Å². The molecule has 1 aliphatic carbocycles. The molecule has 7 heteroatoms. The maximum Gasteiger partial charge on any atom is 0.160 e. The highest BCUT2D eigenvalue weighted by Gasteiger charge is 2.30. The molecule has 23 aromatic rings. The normalized spacial score (nSPS) is 11.9. The number of nitriles is 1. The lowest BCUT2D eigenvalue weighted by Gasteiger charge is -2.17. The van der Waals surface area contributed by atoms with E-state index >= 15 is 0 Å². The second-order valence-electron chi connectivity index (χ2n) is 31.1. The average molecular weight is 1500 g/mol. The van der Waals surface area contributed by atoms with Crippen molar-refractivity contribution in [2.45, 2.75) is 0 Å². The fourth-order valence-corrected chi connectivity index (χ4v) is 19.0. The molecule has 5 aromatic heterocycles. The first-order valence-electron chi connectivity index (χ1n) is 40.2. The van der Waals surface area contributed by atoms with Crippen molar-refractivity contribution in [1.29, 1.82) is 5.26 Å². The molecule has 1 aliphatic rings. The Labute approximate surface area is 679 Å². The van der Waals surface area contributed by atoms with Crippen LogP contribution in [0.3, 0.4) is 0 Å². The first-order chi connectivity index (χ1) is 58.4. The van der Waals surface area contributed by atoms with E-state index in [1.807, 2.05) is 18.2 Å². The monoisotopic (exact) mass is 1500 g/mol. The number of benzene rings is 18. The summed E-state index contributed by atoms with van der Waals surface area (Å²) >= 11 is 0. The molecule has 0 atom stereocenters. The van der Waals surface area contributed by atoms with Gasteiger partial charge in [0.25, 0.3) is 0 Å². The highest BCUT2D eigenvalue weighted by molar-refractivity contribution is 6.19. The van der Waals surface area contributed by atoms with Crippen LogP contribution >= 0.6 is 0 Å². The van der Waals surface area contributed by atoms with Crippen LogP contribution in [-0.4, -0.2) is 28.2 Å². The molecule has 0 radical (unpaired) electrons. The van der Waals surface area contributed by atoms with Gasteiger partial charge in [0.05, 0.1) is 67.2 Å². The molecule has 118 heavy (non-hydrogen) atoms. The Morgan fingerprint density at radius 3 is 0.831 bits per heavy atom. The molecule has 0 spiro atoms. The van der Waals surface area contributed by atoms with Gasteiger partial charge in [-0.25, -0.2) is 9.97 Å². The zero-order valence-electron chi connectivity index (χ0n) is 63.8. The lowest BCUT2D eigenvalue weighted by molar-refractivity contribution is 1.12. The van der Waals surface area contributed by atoms with Gasteiger partial charge in [-0.15, -0.1) is 0 Å². The molecule has 0 N–H and O–H groups in total. The summed E-state index contributed by atoms with van der Waals surface area (Å²) in [6.07, 6.45) is 0. The fourth-order valence-electron chi connectivity index (χ4n) is 19.0. The molecule has 0 saturated carbocycles. The summed E-state index contributed by atoms with van der Waals surface area (Å²) in [6, 6.07) is 151. The largest absolute Gasteiger partial charge is 0.309 e. The minimum atomic E-state index is 0.557. The van der Waals surface area contributed by atoms with Crippen LogP contribution in [0.5, 0.6) is 0 Å². The average Bonchev–Trinajstić information content (AvgIpc) is 1.56. The van der Waals surface area contributed by atoms with Gasteiger partial charge in [-0.05, 0) is 235 Å². The van der Waals surface area contributed by atoms with E-state index in [1.165, 1.54) is 43.8 Å². The van der Waals surface area contributed by atoms with Gasteiger partial charge in [0.2, 0.25) is 0 Å². The Kier molecular flexibility index (Phi) is 15.0. The summed E-state index contributed by atoms with van der Waals surface area (Å²) in [6.45, 7) is 0. The van der Waals surface area contributed by atoms with E-state index in [9.17, 15) is 5.26 Å². The molecule has 0 amide bonds. The summed E-state index contributed by atoms with van der Waals surface area (Å²) in [4.78, 5) is 11.6. The van der Waals surface area contributed by atoms with Gasteiger partial charge in [-0.2, -0.15) is 5.26 Å². The van der Waals surface area contributed by atoms with E-state index in [-0.39, 0.29) is 0 Å². The Balaban J connectivity index is 0.753.